The van der Waals surface area contributed by atoms with Crippen LogP contribution in [0.4, 0.5) is 5.69 Å². The lowest BCUT2D eigenvalue weighted by Crippen LogP contribution is -1.98. The molecule has 3 nitrogen and oxygen atoms in total. The van der Waals surface area contributed by atoms with Gasteiger partial charge in [-0.15, -0.1) is 0 Å². The Balaban J connectivity index is 2.44. The van der Waals surface area contributed by atoms with Crippen LogP contribution in [-0.4, -0.2) is 10.9 Å². The van der Waals surface area contributed by atoms with Crippen LogP contribution in [0.2, 0.25) is 5.02 Å². The molecule has 0 radical (unpaired) electrons. The highest BCUT2D eigenvalue weighted by atomic mass is 35.5. The van der Waals surface area contributed by atoms with E-state index < -0.39 is 0 Å². The number of carbonyl (C=O) groups excluding carboxylic acids is 1. The summed E-state index contributed by atoms with van der Waals surface area (Å²) < 4.78 is 0. The summed E-state index contributed by atoms with van der Waals surface area (Å²) in [6.07, 6.45) is 0. The lowest BCUT2D eigenvalue weighted by atomic mass is 10.1. The van der Waals surface area contributed by atoms with Crippen molar-refractivity contribution < 1.29 is 9.90 Å². The van der Waals surface area contributed by atoms with Gasteiger partial charge in [-0.3, -0.25) is 4.79 Å². The highest BCUT2D eigenvalue weighted by Gasteiger charge is 2.15. The van der Waals surface area contributed by atoms with E-state index in [0.29, 0.717) is 15.6 Å². The first kappa shape index (κ1) is 11.6. The predicted octanol–water partition coefficient (Wildman–Crippen LogP) is 3.89. The molecule has 1 heterocycles. The van der Waals surface area contributed by atoms with Gasteiger partial charge in [-0.1, -0.05) is 11.6 Å². The second-order valence-corrected chi connectivity index (χ2v) is 4.62. The van der Waals surface area contributed by atoms with Crippen LogP contribution in [0.25, 0.3) is 4.85 Å². The SMILES string of the molecule is [C-]#[N+]c1csc(C(=O)c2cc(Cl)ccc2O)c1. The van der Waals surface area contributed by atoms with E-state index in [-0.39, 0.29) is 17.1 Å². The second-order valence-electron chi connectivity index (χ2n) is 3.27. The Morgan fingerprint density at radius 2 is 2.18 bits per heavy atom. The van der Waals surface area contributed by atoms with E-state index in [1.807, 2.05) is 0 Å². The quantitative estimate of drug-likeness (QED) is 0.660. The maximum absolute atomic E-state index is 12.0. The summed E-state index contributed by atoms with van der Waals surface area (Å²) in [5, 5.41) is 11.6. The van der Waals surface area contributed by atoms with E-state index >= 15 is 0 Å². The molecular formula is C12H6ClNO2S. The molecule has 0 aliphatic heterocycles. The number of phenolic OH excluding ortho intramolecular Hbond substituents is 1. The van der Waals surface area contributed by atoms with Crippen molar-refractivity contribution >= 4 is 34.4 Å². The molecule has 2 aromatic rings. The molecule has 84 valence electrons. The highest BCUT2D eigenvalue weighted by molar-refractivity contribution is 7.12. The van der Waals surface area contributed by atoms with Gasteiger partial charge in [-0.25, -0.2) is 4.85 Å². The number of hydrogen-bond donors (Lipinski definition) is 1. The fourth-order valence-corrected chi connectivity index (χ4v) is 2.27. The van der Waals surface area contributed by atoms with Crippen LogP contribution < -0.4 is 0 Å². The number of halogens is 1. The Morgan fingerprint density at radius 3 is 2.82 bits per heavy atom. The molecule has 2 rings (SSSR count). The zero-order chi connectivity index (χ0) is 12.4. The fraction of sp³-hybridized carbons (Fsp3) is 0. The molecular weight excluding hydrogens is 258 g/mol. The number of carbonyl (C=O) groups is 1. The number of ketones is 1. The number of nitrogens with zero attached hydrogens (tertiary/aromatic N) is 1. The molecule has 0 saturated heterocycles. The number of phenols is 1. The van der Waals surface area contributed by atoms with Gasteiger partial charge >= 0.3 is 0 Å². The number of aromatic hydroxyl groups is 1. The van der Waals surface area contributed by atoms with Gasteiger partial charge in [0.25, 0.3) is 0 Å². The van der Waals surface area contributed by atoms with Crippen LogP contribution >= 0.6 is 22.9 Å². The molecule has 0 amide bonds. The highest BCUT2D eigenvalue weighted by Crippen LogP contribution is 2.28. The zero-order valence-corrected chi connectivity index (χ0v) is 10.0. The molecule has 5 heteroatoms. The zero-order valence-electron chi connectivity index (χ0n) is 8.48. The molecule has 0 aliphatic carbocycles. The van der Waals surface area contributed by atoms with Crippen LogP contribution in [0.5, 0.6) is 5.75 Å². The summed E-state index contributed by atoms with van der Waals surface area (Å²) in [7, 11) is 0. The Labute approximate surface area is 107 Å². The summed E-state index contributed by atoms with van der Waals surface area (Å²) in [5.74, 6) is -0.443. The maximum atomic E-state index is 12.0. The number of hydrogen-bond acceptors (Lipinski definition) is 3. The third-order valence-electron chi connectivity index (χ3n) is 2.14. The minimum atomic E-state index is -0.329. The van der Waals surface area contributed by atoms with Gasteiger partial charge in [0.2, 0.25) is 5.78 Å². The average molecular weight is 264 g/mol. The average Bonchev–Trinajstić information content (AvgIpc) is 2.80. The molecule has 0 aliphatic rings. The molecule has 0 spiro atoms. The largest absolute Gasteiger partial charge is 0.507 e. The van der Waals surface area contributed by atoms with Gasteiger partial charge in [-0.05, 0) is 29.6 Å². The molecule has 1 N–H and O–H groups in total. The number of rotatable bonds is 2. The maximum Gasteiger partial charge on any atom is 0.205 e. The lowest BCUT2D eigenvalue weighted by molar-refractivity contribution is 0.104. The molecule has 0 atom stereocenters. The van der Waals surface area contributed by atoms with E-state index in [1.54, 1.807) is 5.38 Å². The summed E-state index contributed by atoms with van der Waals surface area (Å²) in [6.45, 7) is 6.83. The van der Waals surface area contributed by atoms with Crippen molar-refractivity contribution in [3.8, 4) is 5.75 Å². The topological polar surface area (TPSA) is 41.7 Å². The van der Waals surface area contributed by atoms with Crippen LogP contribution in [0.15, 0.2) is 29.6 Å². The van der Waals surface area contributed by atoms with E-state index in [0.717, 1.165) is 0 Å². The van der Waals surface area contributed by atoms with Crippen molar-refractivity contribution in [1.29, 1.82) is 0 Å². The first-order valence-corrected chi connectivity index (χ1v) is 5.87. The van der Waals surface area contributed by atoms with E-state index in [4.69, 9.17) is 18.2 Å². The van der Waals surface area contributed by atoms with Crippen LogP contribution in [0, 0.1) is 6.57 Å². The van der Waals surface area contributed by atoms with Crippen LogP contribution in [0.1, 0.15) is 15.2 Å². The molecule has 0 bridgehead atoms. The third-order valence-corrected chi connectivity index (χ3v) is 3.29. The molecule has 1 aromatic carbocycles. The minimum absolute atomic E-state index is 0.114. The molecule has 0 unspecified atom stereocenters. The van der Waals surface area contributed by atoms with E-state index in [2.05, 4.69) is 4.85 Å². The smallest absolute Gasteiger partial charge is 0.205 e. The van der Waals surface area contributed by atoms with Crippen LogP contribution in [-0.2, 0) is 0 Å². The number of thiophene rings is 1. The van der Waals surface area contributed by atoms with E-state index in [9.17, 15) is 9.90 Å². The molecule has 1 aromatic heterocycles. The van der Waals surface area contributed by atoms with Crippen molar-refractivity contribution in [3.05, 3.63) is 56.5 Å². The summed E-state index contributed by atoms with van der Waals surface area (Å²) in [6, 6.07) is 5.79. The lowest BCUT2D eigenvalue weighted by Gasteiger charge is -2.02. The fourth-order valence-electron chi connectivity index (χ4n) is 1.33. The summed E-state index contributed by atoms with van der Waals surface area (Å²) in [5.41, 5.74) is 0.566. The van der Waals surface area contributed by atoms with E-state index in [1.165, 1.54) is 35.6 Å². The minimum Gasteiger partial charge on any atom is -0.507 e. The Hall–Kier alpha value is -1.83. The Kier molecular flexibility index (Phi) is 3.14. The van der Waals surface area contributed by atoms with Crippen molar-refractivity contribution in [2.45, 2.75) is 0 Å². The standard InChI is InChI=1S/C12H6ClNO2S/c1-14-8-5-11(17-6-8)12(16)9-4-7(13)2-3-10(9)15/h2-6,15H. The predicted molar refractivity (Wildman–Crippen MR) is 67.1 cm³/mol. The number of benzene rings is 1. The third kappa shape index (κ3) is 2.31. The van der Waals surface area contributed by atoms with Gasteiger partial charge in [0.15, 0.2) is 5.69 Å². The van der Waals surface area contributed by atoms with Crippen molar-refractivity contribution in [3.63, 3.8) is 0 Å². The van der Waals surface area contributed by atoms with Crippen molar-refractivity contribution in [2.24, 2.45) is 0 Å². The van der Waals surface area contributed by atoms with Crippen LogP contribution in [0.3, 0.4) is 0 Å². The van der Waals surface area contributed by atoms with Gasteiger partial charge in [0.1, 0.15) is 5.75 Å². The summed E-state index contributed by atoms with van der Waals surface area (Å²) >= 11 is 6.95. The van der Waals surface area contributed by atoms with Gasteiger partial charge in [-0.2, -0.15) is 11.3 Å². The molecule has 0 saturated carbocycles. The normalized spacial score (nSPS) is 9.88. The second kappa shape index (κ2) is 4.58. The van der Waals surface area contributed by atoms with Crippen molar-refractivity contribution in [1.82, 2.24) is 0 Å². The van der Waals surface area contributed by atoms with Gasteiger partial charge in [0.05, 0.1) is 17.0 Å². The monoisotopic (exact) mass is 263 g/mol. The van der Waals surface area contributed by atoms with Gasteiger partial charge < -0.3 is 5.11 Å². The Morgan fingerprint density at radius 1 is 1.41 bits per heavy atom. The van der Waals surface area contributed by atoms with Crippen molar-refractivity contribution in [2.75, 3.05) is 0 Å². The first-order valence-electron chi connectivity index (χ1n) is 4.61. The molecule has 17 heavy (non-hydrogen) atoms. The first-order chi connectivity index (χ1) is 8.11. The summed E-state index contributed by atoms with van der Waals surface area (Å²) in [4.78, 5) is 15.7. The molecule has 0 fully saturated rings. The van der Waals surface area contributed by atoms with Gasteiger partial charge in [0, 0.05) is 5.02 Å². The Bertz CT molecular complexity index is 628.